The van der Waals surface area contributed by atoms with Gasteiger partial charge in [0, 0.05) is 49.6 Å². The van der Waals surface area contributed by atoms with E-state index in [1.165, 1.54) is 10.6 Å². The minimum absolute atomic E-state index is 0.0805. The molecule has 1 N–H and O–H groups in total. The third kappa shape index (κ3) is 6.79. The molecule has 1 aliphatic heterocycles. The lowest BCUT2D eigenvalue weighted by Gasteiger charge is -2.37. The minimum Gasteiger partial charge on any atom is -0.487 e. The van der Waals surface area contributed by atoms with Crippen LogP contribution in [0, 0.1) is 5.92 Å². The Labute approximate surface area is 247 Å². The molecule has 0 saturated heterocycles. The largest absolute Gasteiger partial charge is 0.487 e. The van der Waals surface area contributed by atoms with Gasteiger partial charge in [-0.25, -0.2) is 18.4 Å². The van der Waals surface area contributed by atoms with E-state index < -0.39 is 16.1 Å². The molecule has 0 unspecified atom stereocenters. The van der Waals surface area contributed by atoms with Gasteiger partial charge in [0.05, 0.1) is 6.61 Å². The highest BCUT2D eigenvalue weighted by Gasteiger charge is 2.38. The van der Waals surface area contributed by atoms with Crippen LogP contribution in [0.1, 0.15) is 19.4 Å². The van der Waals surface area contributed by atoms with Crippen LogP contribution in [0.4, 0.5) is 0 Å². The van der Waals surface area contributed by atoms with Gasteiger partial charge in [-0.3, -0.25) is 4.90 Å². The standard InChI is InChI=1S/C32H36N4O5S/c1-23-18-36(24(2)21-37)42(38,39)32-14-11-26(27-16-33-22-34-17-27)15-30(32)41-31(23)20-35(3)19-25-9-12-29(13-10-25)40-28-7-5-4-6-8-28/h4-17,22-24,31,37H,18-21H2,1-3H3/t23-,24-,31-/m0/s1. The number of ether oxygens (including phenoxy) is 2. The molecule has 3 atom stereocenters. The van der Waals surface area contributed by atoms with Gasteiger partial charge in [-0.1, -0.05) is 43.3 Å². The zero-order valence-electron chi connectivity index (χ0n) is 24.0. The van der Waals surface area contributed by atoms with Gasteiger partial charge in [-0.2, -0.15) is 4.31 Å². The smallest absolute Gasteiger partial charge is 0.247 e. The van der Waals surface area contributed by atoms with E-state index >= 15 is 0 Å². The number of benzene rings is 3. The summed E-state index contributed by atoms with van der Waals surface area (Å²) in [6.07, 6.45) is 4.48. The predicted octanol–water partition coefficient (Wildman–Crippen LogP) is 4.84. The number of aliphatic hydroxyl groups is 1. The summed E-state index contributed by atoms with van der Waals surface area (Å²) >= 11 is 0. The van der Waals surface area contributed by atoms with Crippen molar-refractivity contribution < 1.29 is 23.0 Å². The van der Waals surface area contributed by atoms with E-state index in [9.17, 15) is 13.5 Å². The van der Waals surface area contributed by atoms with E-state index in [0.29, 0.717) is 13.1 Å². The molecule has 0 bridgehead atoms. The van der Waals surface area contributed by atoms with Gasteiger partial charge in [-0.15, -0.1) is 0 Å². The van der Waals surface area contributed by atoms with Crippen LogP contribution in [0.25, 0.3) is 11.1 Å². The highest BCUT2D eigenvalue weighted by Crippen LogP contribution is 2.36. The predicted molar refractivity (Wildman–Crippen MR) is 161 cm³/mol. The molecule has 0 spiro atoms. The van der Waals surface area contributed by atoms with Crippen molar-refractivity contribution in [2.75, 3.05) is 26.7 Å². The SMILES string of the molecule is C[C@H]1CN([C@@H](C)CO)S(=O)(=O)c2ccc(-c3cncnc3)cc2O[C@H]1CN(C)Cc1ccc(Oc2ccccc2)cc1. The first-order valence-corrected chi connectivity index (χ1v) is 15.4. The van der Waals surface area contributed by atoms with E-state index in [1.54, 1.807) is 37.5 Å². The van der Waals surface area contributed by atoms with Crippen molar-refractivity contribution in [2.45, 2.75) is 37.4 Å². The maximum absolute atomic E-state index is 13.8. The van der Waals surface area contributed by atoms with Crippen molar-refractivity contribution >= 4 is 10.0 Å². The maximum atomic E-state index is 13.8. The fraction of sp³-hybridized carbons (Fsp3) is 0.312. The van der Waals surface area contributed by atoms with Crippen molar-refractivity contribution in [1.29, 1.82) is 0 Å². The quantitative estimate of drug-likeness (QED) is 0.296. The third-order valence-corrected chi connectivity index (χ3v) is 9.43. The number of sulfonamides is 1. The molecule has 9 nitrogen and oxygen atoms in total. The van der Waals surface area contributed by atoms with Crippen LogP contribution >= 0.6 is 0 Å². The molecular formula is C32H36N4O5S. The van der Waals surface area contributed by atoms with Gasteiger partial charge < -0.3 is 14.6 Å². The van der Waals surface area contributed by atoms with Gasteiger partial charge in [0.2, 0.25) is 10.0 Å². The fourth-order valence-electron chi connectivity index (χ4n) is 5.04. The lowest BCUT2D eigenvalue weighted by molar-refractivity contribution is 0.0734. The lowest BCUT2D eigenvalue weighted by atomic mass is 10.0. The topological polar surface area (TPSA) is 105 Å². The Bertz CT molecular complexity index is 1570. The average Bonchev–Trinajstić information content (AvgIpc) is 3.00. The van der Waals surface area contributed by atoms with Gasteiger partial charge >= 0.3 is 0 Å². The molecule has 0 fully saturated rings. The number of aliphatic hydroxyl groups excluding tert-OH is 1. The molecule has 0 aliphatic carbocycles. The van der Waals surface area contributed by atoms with Crippen molar-refractivity contribution in [2.24, 2.45) is 5.92 Å². The number of rotatable bonds is 9. The number of para-hydroxylation sites is 1. The van der Waals surface area contributed by atoms with E-state index in [2.05, 4.69) is 14.9 Å². The Morgan fingerprint density at radius 2 is 1.71 bits per heavy atom. The number of nitrogens with zero attached hydrogens (tertiary/aromatic N) is 4. The van der Waals surface area contributed by atoms with Gasteiger partial charge in [0.15, 0.2) is 0 Å². The summed E-state index contributed by atoms with van der Waals surface area (Å²) in [5.41, 5.74) is 2.62. The summed E-state index contributed by atoms with van der Waals surface area (Å²) in [6.45, 7) is 4.87. The molecule has 2 heterocycles. The summed E-state index contributed by atoms with van der Waals surface area (Å²) < 4.78 is 41.4. The number of likely N-dealkylation sites (N-methyl/N-ethyl adjacent to an activating group) is 1. The second kappa shape index (κ2) is 13.0. The average molecular weight is 589 g/mol. The van der Waals surface area contributed by atoms with E-state index in [1.807, 2.05) is 68.6 Å². The summed E-state index contributed by atoms with van der Waals surface area (Å²) in [5, 5.41) is 9.92. The molecule has 42 heavy (non-hydrogen) atoms. The van der Waals surface area contributed by atoms with E-state index in [-0.39, 0.29) is 35.8 Å². The van der Waals surface area contributed by atoms with E-state index in [4.69, 9.17) is 9.47 Å². The molecule has 4 aromatic rings. The highest BCUT2D eigenvalue weighted by atomic mass is 32.2. The highest BCUT2D eigenvalue weighted by molar-refractivity contribution is 7.89. The Kier molecular flexibility index (Phi) is 9.18. The Morgan fingerprint density at radius 3 is 2.40 bits per heavy atom. The molecule has 0 radical (unpaired) electrons. The first-order chi connectivity index (χ1) is 20.2. The molecule has 1 aliphatic rings. The lowest BCUT2D eigenvalue weighted by Crippen LogP contribution is -2.49. The number of fused-ring (bicyclic) bond motifs is 1. The molecule has 10 heteroatoms. The maximum Gasteiger partial charge on any atom is 0.247 e. The Balaban J connectivity index is 1.38. The Morgan fingerprint density at radius 1 is 1.02 bits per heavy atom. The number of hydrogen-bond acceptors (Lipinski definition) is 8. The molecule has 5 rings (SSSR count). The fourth-order valence-corrected chi connectivity index (χ4v) is 6.87. The summed E-state index contributed by atoms with van der Waals surface area (Å²) in [5.74, 6) is 1.67. The van der Waals surface area contributed by atoms with Crippen LogP contribution in [0.5, 0.6) is 17.2 Å². The zero-order valence-corrected chi connectivity index (χ0v) is 24.8. The van der Waals surface area contributed by atoms with Crippen LogP contribution in [0.15, 0.2) is 96.4 Å². The van der Waals surface area contributed by atoms with Crippen LogP contribution in [-0.2, 0) is 16.6 Å². The van der Waals surface area contributed by atoms with Crippen molar-refractivity contribution in [3.05, 3.63) is 97.1 Å². The summed E-state index contributed by atoms with van der Waals surface area (Å²) in [7, 11) is -1.90. The molecule has 0 amide bonds. The van der Waals surface area contributed by atoms with Gasteiger partial charge in [0.25, 0.3) is 0 Å². The van der Waals surface area contributed by atoms with Gasteiger partial charge in [-0.05, 0) is 61.5 Å². The Hall–Kier alpha value is -3.83. The van der Waals surface area contributed by atoms with Crippen molar-refractivity contribution in [3.8, 4) is 28.4 Å². The first-order valence-electron chi connectivity index (χ1n) is 13.9. The zero-order chi connectivity index (χ0) is 29.7. The van der Waals surface area contributed by atoms with Crippen LogP contribution in [0.3, 0.4) is 0 Å². The molecule has 1 aromatic heterocycles. The first kappa shape index (κ1) is 29.7. The van der Waals surface area contributed by atoms with Crippen molar-refractivity contribution in [3.63, 3.8) is 0 Å². The molecule has 3 aromatic carbocycles. The van der Waals surface area contributed by atoms with Crippen LogP contribution in [-0.4, -0.2) is 71.6 Å². The number of hydrogen-bond donors (Lipinski definition) is 1. The minimum atomic E-state index is -3.92. The second-order valence-electron chi connectivity index (χ2n) is 10.8. The molecule has 220 valence electrons. The van der Waals surface area contributed by atoms with E-state index in [0.717, 1.165) is 28.2 Å². The third-order valence-electron chi connectivity index (χ3n) is 7.41. The monoisotopic (exact) mass is 588 g/mol. The summed E-state index contributed by atoms with van der Waals surface area (Å²) in [4.78, 5) is 10.4. The molecule has 0 saturated carbocycles. The van der Waals surface area contributed by atoms with Crippen LogP contribution in [0.2, 0.25) is 0 Å². The second-order valence-corrected chi connectivity index (χ2v) is 12.6. The summed E-state index contributed by atoms with van der Waals surface area (Å²) in [6, 6.07) is 22.1. The molecular weight excluding hydrogens is 552 g/mol. The van der Waals surface area contributed by atoms with Gasteiger partial charge in [0.1, 0.15) is 34.6 Å². The normalized spacial score (nSPS) is 19.3. The number of aromatic nitrogens is 2. The van der Waals surface area contributed by atoms with Crippen LogP contribution < -0.4 is 9.47 Å². The van der Waals surface area contributed by atoms with Crippen molar-refractivity contribution in [1.82, 2.24) is 19.2 Å².